The van der Waals surface area contributed by atoms with Crippen LogP contribution in [-0.4, -0.2) is 41.5 Å². The molecule has 6 nitrogen and oxygen atoms in total. The van der Waals surface area contributed by atoms with Crippen molar-refractivity contribution < 1.29 is 14.3 Å². The highest BCUT2D eigenvalue weighted by Gasteiger charge is 2.28. The van der Waals surface area contributed by atoms with Gasteiger partial charge >= 0.3 is 0 Å². The van der Waals surface area contributed by atoms with Gasteiger partial charge in [0, 0.05) is 25.7 Å². The van der Waals surface area contributed by atoms with Crippen molar-refractivity contribution in [3.63, 3.8) is 0 Å². The number of aryl methyl sites for hydroxylation is 2. The number of benzene rings is 1. The molecule has 4 rings (SSSR count). The summed E-state index contributed by atoms with van der Waals surface area (Å²) < 4.78 is 12.3. The molecule has 0 saturated heterocycles. The van der Waals surface area contributed by atoms with Crippen molar-refractivity contribution >= 4 is 11.9 Å². The molecule has 32 heavy (non-hydrogen) atoms. The zero-order valence-corrected chi connectivity index (χ0v) is 19.8. The molecule has 172 valence electrons. The van der Waals surface area contributed by atoms with Gasteiger partial charge in [-0.15, -0.1) is 0 Å². The Bertz CT molecular complexity index is 939. The molecular weight excluding hydrogens is 402 g/mol. The number of aliphatic imine (C=N–C) groups is 1. The van der Waals surface area contributed by atoms with Crippen LogP contribution in [0.5, 0.6) is 0 Å². The van der Waals surface area contributed by atoms with Crippen LogP contribution in [0, 0.1) is 0 Å². The number of amides is 1. The number of nitrogens with zero attached hydrogens (tertiary/aromatic N) is 3. The molecule has 0 N–H and O–H groups in total. The van der Waals surface area contributed by atoms with Gasteiger partial charge in [0.1, 0.15) is 12.2 Å². The fraction of sp³-hybridized carbons (Fsp3) is 0.500. The average Bonchev–Trinajstić information content (AvgIpc) is 2.89. The third-order valence-electron chi connectivity index (χ3n) is 5.73. The number of hydrogen-bond donors (Lipinski definition) is 0. The number of ether oxygens (including phenoxy) is 2. The topological polar surface area (TPSA) is 64.0 Å². The predicted molar refractivity (Wildman–Crippen MR) is 126 cm³/mol. The first-order valence-electron chi connectivity index (χ1n) is 11.7. The highest BCUT2D eigenvalue weighted by Crippen LogP contribution is 2.27. The summed E-state index contributed by atoms with van der Waals surface area (Å²) >= 11 is 0. The largest absolute Gasteiger partial charge is 0.460 e. The zero-order valence-electron chi connectivity index (χ0n) is 19.8. The summed E-state index contributed by atoms with van der Waals surface area (Å²) in [5.74, 6) is -0.144. The van der Waals surface area contributed by atoms with Crippen molar-refractivity contribution in [3.05, 3.63) is 65.0 Å². The lowest BCUT2D eigenvalue weighted by Crippen LogP contribution is -2.39. The van der Waals surface area contributed by atoms with Gasteiger partial charge in [0.15, 0.2) is 0 Å². The molecule has 0 unspecified atom stereocenters. The fourth-order valence-corrected chi connectivity index (χ4v) is 4.11. The number of hydrogen-bond acceptors (Lipinski definition) is 5. The third-order valence-corrected chi connectivity index (χ3v) is 5.73. The first-order valence-corrected chi connectivity index (χ1v) is 11.7. The molecule has 2 aromatic rings. The summed E-state index contributed by atoms with van der Waals surface area (Å²) in [6, 6.07) is 12.6. The zero-order chi connectivity index (χ0) is 23.0. The lowest BCUT2D eigenvalue weighted by atomic mass is 9.96. The number of aromatic nitrogens is 1. The van der Waals surface area contributed by atoms with Crippen molar-refractivity contribution in [1.29, 1.82) is 0 Å². The second-order valence-corrected chi connectivity index (χ2v) is 8.31. The molecule has 2 aliphatic heterocycles. The maximum atomic E-state index is 12.5. The molecule has 6 heteroatoms. The molecule has 0 atom stereocenters. The van der Waals surface area contributed by atoms with Crippen LogP contribution in [0.25, 0.3) is 0 Å². The Morgan fingerprint density at radius 1 is 0.938 bits per heavy atom. The van der Waals surface area contributed by atoms with E-state index < -0.39 is 5.60 Å². The summed E-state index contributed by atoms with van der Waals surface area (Å²) in [4.78, 5) is 23.4. The molecule has 1 aromatic carbocycles. The van der Waals surface area contributed by atoms with E-state index in [0.717, 1.165) is 36.2 Å². The van der Waals surface area contributed by atoms with Crippen molar-refractivity contribution in [2.24, 2.45) is 4.99 Å². The molecule has 1 amide bonds. The summed E-state index contributed by atoms with van der Waals surface area (Å²) in [6.07, 6.45) is 4.71. The highest BCUT2D eigenvalue weighted by molar-refractivity contribution is 5.90. The van der Waals surface area contributed by atoms with Crippen LogP contribution in [0.15, 0.2) is 47.6 Å². The van der Waals surface area contributed by atoms with Crippen molar-refractivity contribution in [3.8, 4) is 0 Å². The van der Waals surface area contributed by atoms with Crippen molar-refractivity contribution in [2.75, 3.05) is 19.7 Å². The Hall–Kier alpha value is -2.73. The van der Waals surface area contributed by atoms with Gasteiger partial charge in [-0.3, -0.25) is 9.78 Å². The first kappa shape index (κ1) is 23.9. The minimum absolute atomic E-state index is 0.144. The van der Waals surface area contributed by atoms with Crippen molar-refractivity contribution in [1.82, 2.24) is 9.88 Å². The minimum atomic E-state index is -0.477. The van der Waals surface area contributed by atoms with Gasteiger partial charge in [0.2, 0.25) is 0 Å². The second-order valence-electron chi connectivity index (χ2n) is 8.31. The van der Waals surface area contributed by atoms with Crippen molar-refractivity contribution in [2.45, 2.75) is 65.6 Å². The molecule has 0 saturated carbocycles. The Labute approximate surface area is 191 Å². The van der Waals surface area contributed by atoms with E-state index in [1.54, 1.807) is 0 Å². The predicted octanol–water partition coefficient (Wildman–Crippen LogP) is 4.65. The number of pyridine rings is 1. The van der Waals surface area contributed by atoms with Gasteiger partial charge < -0.3 is 14.4 Å². The fourth-order valence-electron chi connectivity index (χ4n) is 4.11. The van der Waals surface area contributed by atoms with Crippen LogP contribution in [-0.2, 0) is 39.3 Å². The number of amidine groups is 1. The molecule has 0 radical (unpaired) electrons. The van der Waals surface area contributed by atoms with E-state index in [2.05, 4.69) is 42.0 Å². The van der Waals surface area contributed by atoms with Gasteiger partial charge in [0.25, 0.3) is 11.9 Å². The molecule has 1 aromatic heterocycles. The lowest BCUT2D eigenvalue weighted by Gasteiger charge is -2.32. The van der Waals surface area contributed by atoms with Gasteiger partial charge in [-0.25, -0.2) is 0 Å². The van der Waals surface area contributed by atoms with E-state index in [0.29, 0.717) is 38.6 Å². The smallest absolute Gasteiger partial charge is 0.295 e. The summed E-state index contributed by atoms with van der Waals surface area (Å²) in [6.45, 7) is 10.4. The van der Waals surface area contributed by atoms with Gasteiger partial charge in [-0.2, -0.15) is 4.99 Å². The molecule has 0 spiro atoms. The number of carbonyl (C=O) groups is 1. The van der Waals surface area contributed by atoms with Crippen LogP contribution < -0.4 is 0 Å². The Kier molecular flexibility index (Phi) is 8.39. The summed E-state index contributed by atoms with van der Waals surface area (Å²) in [5.41, 5.74) is 3.99. The van der Waals surface area contributed by atoms with Gasteiger partial charge in [-0.1, -0.05) is 44.2 Å². The average molecular weight is 438 g/mol. The van der Waals surface area contributed by atoms with Gasteiger partial charge in [0.05, 0.1) is 12.3 Å². The van der Waals surface area contributed by atoms with E-state index >= 15 is 0 Å². The first-order chi connectivity index (χ1) is 15.5. The van der Waals surface area contributed by atoms with Crippen LogP contribution >= 0.6 is 0 Å². The Morgan fingerprint density at radius 2 is 1.69 bits per heavy atom. The molecule has 2 aliphatic rings. The van der Waals surface area contributed by atoms with E-state index in [1.165, 1.54) is 5.56 Å². The van der Waals surface area contributed by atoms with E-state index in [1.807, 2.05) is 43.1 Å². The standard InChI is InChI=1S/C24H29N3O3.C2H6/c1-24(2)22-19(9-5-13-25-22)10-6-14-27(15-16-30-24)23-26-21(28)12-11-18-7-3-4-8-20(18)17-29-23;1-2/h3-5,7-9,13H,6,10-12,14-17H2,1-2H3;1-2H3. The second kappa shape index (κ2) is 11.2. The summed E-state index contributed by atoms with van der Waals surface area (Å²) in [5, 5.41) is 0. The van der Waals surface area contributed by atoms with Crippen LogP contribution in [0.3, 0.4) is 0 Å². The number of fused-ring (bicyclic) bond motifs is 2. The van der Waals surface area contributed by atoms with Crippen LogP contribution in [0.1, 0.15) is 62.9 Å². The highest BCUT2D eigenvalue weighted by atomic mass is 16.5. The number of rotatable bonds is 0. The molecule has 0 aliphatic carbocycles. The lowest BCUT2D eigenvalue weighted by molar-refractivity contribution is -0.118. The SMILES string of the molecule is CC.CC1(C)OCCN(C2=NC(=O)CCc3ccccc3CO2)CCCc2cccnc21. The molecule has 0 bridgehead atoms. The van der Waals surface area contributed by atoms with E-state index in [9.17, 15) is 4.79 Å². The maximum absolute atomic E-state index is 12.5. The Morgan fingerprint density at radius 3 is 2.50 bits per heavy atom. The molecule has 0 fully saturated rings. The van der Waals surface area contributed by atoms with E-state index in [-0.39, 0.29) is 5.91 Å². The van der Waals surface area contributed by atoms with Gasteiger partial charge in [-0.05, 0) is 55.9 Å². The summed E-state index contributed by atoms with van der Waals surface area (Å²) in [7, 11) is 0. The Balaban J connectivity index is 0.00000141. The third kappa shape index (κ3) is 5.94. The monoisotopic (exact) mass is 437 g/mol. The quantitative estimate of drug-likeness (QED) is 0.600. The van der Waals surface area contributed by atoms with Crippen LogP contribution in [0.2, 0.25) is 0 Å². The molecule has 3 heterocycles. The minimum Gasteiger partial charge on any atom is -0.460 e. The molecular formula is C26H35N3O3. The normalized spacial score (nSPS) is 18.8. The number of carbonyl (C=O) groups excluding carboxylic acids is 1. The van der Waals surface area contributed by atoms with E-state index in [4.69, 9.17) is 9.47 Å². The maximum Gasteiger partial charge on any atom is 0.295 e. The van der Waals surface area contributed by atoms with Crippen LogP contribution in [0.4, 0.5) is 0 Å².